The Morgan fingerprint density at radius 3 is 2.81 bits per heavy atom. The van der Waals surface area contributed by atoms with Crippen LogP contribution in [0.2, 0.25) is 0 Å². The van der Waals surface area contributed by atoms with Crippen molar-refractivity contribution in [2.45, 2.75) is 44.2 Å². The number of aliphatic hydroxyl groups is 1. The third kappa shape index (κ3) is 1.61. The van der Waals surface area contributed by atoms with E-state index in [0.717, 1.165) is 19.4 Å². The highest BCUT2D eigenvalue weighted by Gasteiger charge is 2.32. The molecule has 0 amide bonds. The van der Waals surface area contributed by atoms with Gasteiger partial charge >= 0.3 is 0 Å². The highest BCUT2D eigenvalue weighted by Crippen LogP contribution is 2.34. The number of hydrogen-bond donors (Lipinski definition) is 1. The molecule has 2 aliphatic rings. The Labute approximate surface area is 96.9 Å². The van der Waals surface area contributed by atoms with Gasteiger partial charge in [-0.25, -0.2) is 0 Å². The molecule has 2 atom stereocenters. The standard InChI is InChI=1S/C14H19NO/c16-14-9-3-8-13(14)15-10-4-6-11-5-1-2-7-12(11)15/h1-2,5,7,13-14,16H,3-4,6,8-10H2/t13-,14-/m0/s1. The first-order valence-electron chi connectivity index (χ1n) is 6.39. The van der Waals surface area contributed by atoms with Crippen molar-refractivity contribution in [2.75, 3.05) is 11.4 Å². The summed E-state index contributed by atoms with van der Waals surface area (Å²) in [5.74, 6) is 0. The van der Waals surface area contributed by atoms with Crippen LogP contribution in [0.4, 0.5) is 5.69 Å². The molecule has 0 radical (unpaired) electrons. The molecular weight excluding hydrogens is 198 g/mol. The van der Waals surface area contributed by atoms with Crippen LogP contribution >= 0.6 is 0 Å². The summed E-state index contributed by atoms with van der Waals surface area (Å²) < 4.78 is 0. The van der Waals surface area contributed by atoms with Crippen molar-refractivity contribution < 1.29 is 5.11 Å². The molecule has 0 spiro atoms. The van der Waals surface area contributed by atoms with E-state index in [1.807, 2.05) is 0 Å². The van der Waals surface area contributed by atoms with Crippen LogP contribution in [0.3, 0.4) is 0 Å². The second-order valence-electron chi connectivity index (χ2n) is 4.99. The van der Waals surface area contributed by atoms with E-state index in [1.165, 1.54) is 30.5 Å². The molecule has 0 bridgehead atoms. The summed E-state index contributed by atoms with van der Waals surface area (Å²) in [5, 5.41) is 10.0. The summed E-state index contributed by atoms with van der Waals surface area (Å²) in [6.07, 6.45) is 5.59. The number of fused-ring (bicyclic) bond motifs is 1. The molecule has 16 heavy (non-hydrogen) atoms. The Bertz CT molecular complexity index is 377. The summed E-state index contributed by atoms with van der Waals surface area (Å²) in [4.78, 5) is 2.44. The SMILES string of the molecule is O[C@H]1CCC[C@@H]1N1CCCc2ccccc21. The maximum absolute atomic E-state index is 10.0. The van der Waals surface area contributed by atoms with Crippen LogP contribution in [0, 0.1) is 0 Å². The van der Waals surface area contributed by atoms with Gasteiger partial charge < -0.3 is 10.0 Å². The number of nitrogens with zero attached hydrogens (tertiary/aromatic N) is 1. The molecule has 1 heterocycles. The van der Waals surface area contributed by atoms with E-state index in [2.05, 4.69) is 29.2 Å². The van der Waals surface area contributed by atoms with Gasteiger partial charge in [-0.15, -0.1) is 0 Å². The van der Waals surface area contributed by atoms with E-state index >= 15 is 0 Å². The van der Waals surface area contributed by atoms with Crippen LogP contribution < -0.4 is 4.90 Å². The fraction of sp³-hybridized carbons (Fsp3) is 0.571. The number of rotatable bonds is 1. The lowest BCUT2D eigenvalue weighted by Crippen LogP contribution is -2.43. The van der Waals surface area contributed by atoms with Gasteiger partial charge in [0.15, 0.2) is 0 Å². The third-order valence-corrected chi connectivity index (χ3v) is 3.99. The molecule has 3 rings (SSSR count). The lowest BCUT2D eigenvalue weighted by Gasteiger charge is -2.37. The molecule has 1 saturated carbocycles. The largest absolute Gasteiger partial charge is 0.391 e. The van der Waals surface area contributed by atoms with E-state index in [9.17, 15) is 5.11 Å². The Kier molecular flexibility index (Phi) is 2.60. The average molecular weight is 217 g/mol. The van der Waals surface area contributed by atoms with E-state index in [-0.39, 0.29) is 6.10 Å². The average Bonchev–Trinajstić information content (AvgIpc) is 2.75. The van der Waals surface area contributed by atoms with Gasteiger partial charge in [-0.3, -0.25) is 0 Å². The minimum Gasteiger partial charge on any atom is -0.391 e. The van der Waals surface area contributed by atoms with Crippen molar-refractivity contribution in [1.29, 1.82) is 0 Å². The predicted octanol–water partition coefficient (Wildman–Crippen LogP) is 2.35. The highest BCUT2D eigenvalue weighted by atomic mass is 16.3. The number of anilines is 1. The molecule has 0 saturated heterocycles. The van der Waals surface area contributed by atoms with E-state index in [4.69, 9.17) is 0 Å². The lowest BCUT2D eigenvalue weighted by atomic mass is 9.99. The van der Waals surface area contributed by atoms with Gasteiger partial charge in [0.1, 0.15) is 0 Å². The first kappa shape index (κ1) is 10.2. The molecular formula is C14H19NO. The first-order valence-corrected chi connectivity index (χ1v) is 6.39. The van der Waals surface area contributed by atoms with Gasteiger partial charge in [0.25, 0.3) is 0 Å². The number of benzene rings is 1. The highest BCUT2D eigenvalue weighted by molar-refractivity contribution is 5.56. The zero-order valence-electron chi connectivity index (χ0n) is 9.60. The van der Waals surface area contributed by atoms with E-state index < -0.39 is 0 Å². The number of aryl methyl sites for hydroxylation is 1. The number of para-hydroxylation sites is 1. The van der Waals surface area contributed by atoms with Crippen molar-refractivity contribution in [3.05, 3.63) is 29.8 Å². The molecule has 1 N–H and O–H groups in total. The normalized spacial score (nSPS) is 29.2. The van der Waals surface area contributed by atoms with Gasteiger partial charge in [-0.1, -0.05) is 18.2 Å². The molecule has 1 fully saturated rings. The smallest absolute Gasteiger partial charge is 0.0743 e. The minimum atomic E-state index is -0.119. The van der Waals surface area contributed by atoms with Crippen molar-refractivity contribution in [2.24, 2.45) is 0 Å². The predicted molar refractivity (Wildman–Crippen MR) is 65.8 cm³/mol. The lowest BCUT2D eigenvalue weighted by molar-refractivity contribution is 0.160. The molecule has 1 aromatic rings. The number of aliphatic hydroxyl groups excluding tert-OH is 1. The van der Waals surface area contributed by atoms with Crippen LogP contribution in [0.25, 0.3) is 0 Å². The van der Waals surface area contributed by atoms with Crippen molar-refractivity contribution in [1.82, 2.24) is 0 Å². The molecule has 1 aromatic carbocycles. The Hall–Kier alpha value is -1.02. The van der Waals surface area contributed by atoms with Gasteiger partial charge in [0.2, 0.25) is 0 Å². The van der Waals surface area contributed by atoms with Gasteiger partial charge in [-0.2, -0.15) is 0 Å². The van der Waals surface area contributed by atoms with Crippen LogP contribution in [0.15, 0.2) is 24.3 Å². The van der Waals surface area contributed by atoms with Crippen molar-refractivity contribution in [3.63, 3.8) is 0 Å². The minimum absolute atomic E-state index is 0.119. The topological polar surface area (TPSA) is 23.5 Å². The molecule has 1 aliphatic carbocycles. The summed E-state index contributed by atoms with van der Waals surface area (Å²) >= 11 is 0. The Morgan fingerprint density at radius 2 is 2.00 bits per heavy atom. The number of hydrogen-bond acceptors (Lipinski definition) is 2. The zero-order valence-corrected chi connectivity index (χ0v) is 9.60. The van der Waals surface area contributed by atoms with Crippen molar-refractivity contribution >= 4 is 5.69 Å². The van der Waals surface area contributed by atoms with Gasteiger partial charge in [0.05, 0.1) is 12.1 Å². The van der Waals surface area contributed by atoms with Gasteiger partial charge in [0, 0.05) is 12.2 Å². The first-order chi connectivity index (χ1) is 7.86. The second-order valence-corrected chi connectivity index (χ2v) is 4.99. The second kappa shape index (κ2) is 4.10. The maximum Gasteiger partial charge on any atom is 0.0743 e. The molecule has 2 nitrogen and oxygen atoms in total. The fourth-order valence-corrected chi connectivity index (χ4v) is 3.19. The van der Waals surface area contributed by atoms with E-state index in [1.54, 1.807) is 0 Å². The van der Waals surface area contributed by atoms with Crippen LogP contribution in [-0.4, -0.2) is 23.8 Å². The summed E-state index contributed by atoms with van der Waals surface area (Å²) in [6.45, 7) is 1.11. The molecule has 1 aliphatic heterocycles. The van der Waals surface area contributed by atoms with Crippen LogP contribution in [-0.2, 0) is 6.42 Å². The van der Waals surface area contributed by atoms with Gasteiger partial charge in [-0.05, 0) is 43.7 Å². The quantitative estimate of drug-likeness (QED) is 0.780. The Balaban J connectivity index is 1.92. The van der Waals surface area contributed by atoms with Crippen molar-refractivity contribution in [3.8, 4) is 0 Å². The Morgan fingerprint density at radius 1 is 1.12 bits per heavy atom. The molecule has 2 heteroatoms. The molecule has 0 aromatic heterocycles. The maximum atomic E-state index is 10.0. The zero-order chi connectivity index (χ0) is 11.0. The van der Waals surface area contributed by atoms with E-state index in [0.29, 0.717) is 6.04 Å². The third-order valence-electron chi connectivity index (χ3n) is 3.99. The fourth-order valence-electron chi connectivity index (χ4n) is 3.19. The van der Waals surface area contributed by atoms with Crippen LogP contribution in [0.1, 0.15) is 31.2 Å². The van der Waals surface area contributed by atoms with Crippen LogP contribution in [0.5, 0.6) is 0 Å². The molecule has 0 unspecified atom stereocenters. The summed E-state index contributed by atoms with van der Waals surface area (Å²) in [6, 6.07) is 9.02. The molecule has 86 valence electrons. The summed E-state index contributed by atoms with van der Waals surface area (Å²) in [7, 11) is 0. The monoisotopic (exact) mass is 217 g/mol. The summed E-state index contributed by atoms with van der Waals surface area (Å²) in [5.41, 5.74) is 2.81.